The minimum absolute atomic E-state index is 1.03. The minimum atomic E-state index is 1.03. The van der Waals surface area contributed by atoms with Gasteiger partial charge in [0.2, 0.25) is 0 Å². The molecule has 0 radical (unpaired) electrons. The molecule has 0 saturated carbocycles. The summed E-state index contributed by atoms with van der Waals surface area (Å²) in [5.41, 5.74) is 5.78. The lowest BCUT2D eigenvalue weighted by Gasteiger charge is -2.26. The van der Waals surface area contributed by atoms with E-state index in [4.69, 9.17) is 0 Å². The Hall–Kier alpha value is -1.28. The van der Waals surface area contributed by atoms with Gasteiger partial charge in [0.1, 0.15) is 0 Å². The second-order valence-corrected chi connectivity index (χ2v) is 4.86. The van der Waals surface area contributed by atoms with Crippen LogP contribution in [0.5, 0.6) is 0 Å². The molecule has 1 aliphatic heterocycles. The van der Waals surface area contributed by atoms with E-state index in [0.717, 1.165) is 26.1 Å². The first-order valence-corrected chi connectivity index (χ1v) is 6.39. The van der Waals surface area contributed by atoms with Crippen molar-refractivity contribution in [2.45, 2.75) is 20.3 Å². The number of rotatable bonds is 4. The Morgan fingerprint density at radius 3 is 2.35 bits per heavy atom. The molecule has 0 amide bonds. The van der Waals surface area contributed by atoms with Gasteiger partial charge < -0.3 is 10.2 Å². The fraction of sp³-hybridized carbons (Fsp3) is 0.467. The topological polar surface area (TPSA) is 15.3 Å². The molecule has 1 N–H and O–H groups in total. The lowest BCUT2D eigenvalue weighted by Crippen LogP contribution is -2.36. The van der Waals surface area contributed by atoms with Crippen LogP contribution in [0, 0.1) is 0 Å². The summed E-state index contributed by atoms with van der Waals surface area (Å²) in [7, 11) is 2.16. The summed E-state index contributed by atoms with van der Waals surface area (Å²) >= 11 is 0. The van der Waals surface area contributed by atoms with E-state index in [2.05, 4.69) is 55.4 Å². The minimum Gasteiger partial charge on any atom is -0.371 e. The quantitative estimate of drug-likeness (QED) is 0.800. The Morgan fingerprint density at radius 1 is 1.24 bits per heavy atom. The normalized spacial score (nSPS) is 14.4. The third kappa shape index (κ3) is 2.89. The Kier molecular flexibility index (Phi) is 3.85. The van der Waals surface area contributed by atoms with Gasteiger partial charge in [-0.15, -0.1) is 0 Å². The van der Waals surface area contributed by atoms with Crippen molar-refractivity contribution in [2.24, 2.45) is 0 Å². The van der Waals surface area contributed by atoms with E-state index < -0.39 is 0 Å². The predicted molar refractivity (Wildman–Crippen MR) is 74.7 cm³/mol. The van der Waals surface area contributed by atoms with Crippen LogP contribution in [0.4, 0.5) is 5.69 Å². The monoisotopic (exact) mass is 230 g/mol. The number of aryl methyl sites for hydroxylation is 1. The molecule has 2 nitrogen and oxygen atoms in total. The third-order valence-corrected chi connectivity index (χ3v) is 3.54. The molecule has 0 spiro atoms. The maximum atomic E-state index is 3.29. The third-order valence-electron chi connectivity index (χ3n) is 3.54. The molecule has 1 heterocycles. The molecule has 1 aliphatic rings. The van der Waals surface area contributed by atoms with E-state index in [9.17, 15) is 0 Å². The largest absolute Gasteiger partial charge is 0.371 e. The van der Waals surface area contributed by atoms with Gasteiger partial charge >= 0.3 is 0 Å². The maximum absolute atomic E-state index is 3.29. The van der Waals surface area contributed by atoms with Crippen LogP contribution in [0.15, 0.2) is 35.4 Å². The van der Waals surface area contributed by atoms with Gasteiger partial charge in [-0.1, -0.05) is 24.6 Å². The summed E-state index contributed by atoms with van der Waals surface area (Å²) in [6, 6.07) is 8.88. The summed E-state index contributed by atoms with van der Waals surface area (Å²) in [5.74, 6) is 0. The van der Waals surface area contributed by atoms with Gasteiger partial charge in [-0.2, -0.15) is 0 Å². The molecule has 92 valence electrons. The Balaban J connectivity index is 2.01. The number of hydrogen-bond acceptors (Lipinski definition) is 2. The van der Waals surface area contributed by atoms with Gasteiger partial charge in [0.05, 0.1) is 0 Å². The first-order chi connectivity index (χ1) is 8.20. The van der Waals surface area contributed by atoms with E-state index in [-0.39, 0.29) is 0 Å². The molecule has 1 aromatic rings. The SMILES string of the molecule is CCc1ccc(N(C)CC(C)=C2CNC2)cc1. The van der Waals surface area contributed by atoms with Crippen LogP contribution in [-0.2, 0) is 6.42 Å². The van der Waals surface area contributed by atoms with E-state index in [1.54, 1.807) is 5.57 Å². The first kappa shape index (κ1) is 12.2. The van der Waals surface area contributed by atoms with Crippen LogP contribution in [0.2, 0.25) is 0 Å². The lowest BCUT2D eigenvalue weighted by molar-refractivity contribution is 0.653. The highest BCUT2D eigenvalue weighted by molar-refractivity contribution is 5.48. The van der Waals surface area contributed by atoms with Gasteiger partial charge in [0, 0.05) is 32.4 Å². The highest BCUT2D eigenvalue weighted by atomic mass is 15.1. The van der Waals surface area contributed by atoms with Crippen molar-refractivity contribution >= 4 is 5.69 Å². The summed E-state index contributed by atoms with van der Waals surface area (Å²) in [6.45, 7) is 7.62. The van der Waals surface area contributed by atoms with Gasteiger partial charge in [0.15, 0.2) is 0 Å². The number of anilines is 1. The summed E-state index contributed by atoms with van der Waals surface area (Å²) in [6.07, 6.45) is 1.11. The second kappa shape index (κ2) is 5.37. The van der Waals surface area contributed by atoms with Crippen LogP contribution >= 0.6 is 0 Å². The Morgan fingerprint density at radius 2 is 1.88 bits per heavy atom. The number of nitrogens with one attached hydrogen (secondary N) is 1. The van der Waals surface area contributed by atoms with Crippen LogP contribution < -0.4 is 10.2 Å². The van der Waals surface area contributed by atoms with Crippen LogP contribution in [0.1, 0.15) is 19.4 Å². The fourth-order valence-electron chi connectivity index (χ4n) is 2.10. The van der Waals surface area contributed by atoms with Crippen molar-refractivity contribution in [1.29, 1.82) is 0 Å². The Bertz CT molecular complexity index is 397. The molecule has 1 aromatic carbocycles. The van der Waals surface area contributed by atoms with E-state index in [1.807, 2.05) is 0 Å². The molecule has 0 aromatic heterocycles. The van der Waals surface area contributed by atoms with Crippen molar-refractivity contribution in [3.63, 3.8) is 0 Å². The molecule has 1 fully saturated rings. The first-order valence-electron chi connectivity index (χ1n) is 6.39. The van der Waals surface area contributed by atoms with Crippen molar-refractivity contribution in [3.05, 3.63) is 41.0 Å². The molecule has 0 bridgehead atoms. The number of hydrogen-bond donors (Lipinski definition) is 1. The molecule has 2 heteroatoms. The molecular weight excluding hydrogens is 208 g/mol. The van der Waals surface area contributed by atoms with Crippen molar-refractivity contribution < 1.29 is 0 Å². The smallest absolute Gasteiger partial charge is 0.0386 e. The maximum Gasteiger partial charge on any atom is 0.0386 e. The predicted octanol–water partition coefficient (Wildman–Crippen LogP) is 2.60. The van der Waals surface area contributed by atoms with E-state index in [1.165, 1.54) is 16.8 Å². The number of nitrogens with zero attached hydrogens (tertiary/aromatic N) is 1. The van der Waals surface area contributed by atoms with Crippen molar-refractivity contribution in [3.8, 4) is 0 Å². The van der Waals surface area contributed by atoms with Crippen LogP contribution in [0.25, 0.3) is 0 Å². The average molecular weight is 230 g/mol. The standard InChI is InChI=1S/C15H22N2/c1-4-13-5-7-15(8-6-13)17(3)11-12(2)14-9-16-10-14/h5-8,16H,4,9-11H2,1-3H3. The molecule has 1 saturated heterocycles. The molecule has 0 atom stereocenters. The number of benzene rings is 1. The highest BCUT2D eigenvalue weighted by Crippen LogP contribution is 2.17. The van der Waals surface area contributed by atoms with E-state index in [0.29, 0.717) is 0 Å². The zero-order chi connectivity index (χ0) is 12.3. The molecular formula is C15H22N2. The van der Waals surface area contributed by atoms with Crippen molar-refractivity contribution in [1.82, 2.24) is 5.32 Å². The Labute approximate surface area is 104 Å². The molecule has 0 unspecified atom stereocenters. The van der Waals surface area contributed by atoms with Gasteiger partial charge in [0.25, 0.3) is 0 Å². The fourth-order valence-corrected chi connectivity index (χ4v) is 2.10. The zero-order valence-electron chi connectivity index (χ0n) is 11.1. The van der Waals surface area contributed by atoms with Crippen LogP contribution in [0.3, 0.4) is 0 Å². The van der Waals surface area contributed by atoms with Gasteiger partial charge in [-0.3, -0.25) is 0 Å². The highest BCUT2D eigenvalue weighted by Gasteiger charge is 2.12. The summed E-state index contributed by atoms with van der Waals surface area (Å²) < 4.78 is 0. The zero-order valence-corrected chi connectivity index (χ0v) is 11.1. The lowest BCUT2D eigenvalue weighted by atomic mass is 10.0. The van der Waals surface area contributed by atoms with Crippen molar-refractivity contribution in [2.75, 3.05) is 31.6 Å². The molecule has 0 aliphatic carbocycles. The second-order valence-electron chi connectivity index (χ2n) is 4.86. The van der Waals surface area contributed by atoms with Gasteiger partial charge in [-0.25, -0.2) is 0 Å². The van der Waals surface area contributed by atoms with Gasteiger partial charge in [-0.05, 0) is 36.6 Å². The molecule has 17 heavy (non-hydrogen) atoms. The average Bonchev–Trinajstić information content (AvgIpc) is 2.26. The summed E-state index contributed by atoms with van der Waals surface area (Å²) in [4.78, 5) is 2.32. The number of likely N-dealkylation sites (N-methyl/N-ethyl adjacent to an activating group) is 1. The summed E-state index contributed by atoms with van der Waals surface area (Å²) in [5, 5.41) is 3.29. The molecule has 2 rings (SSSR count). The van der Waals surface area contributed by atoms with E-state index >= 15 is 0 Å². The van der Waals surface area contributed by atoms with Crippen LogP contribution in [-0.4, -0.2) is 26.7 Å².